The van der Waals surface area contributed by atoms with Crippen LogP contribution in [0.4, 0.5) is 10.5 Å². The van der Waals surface area contributed by atoms with E-state index in [-0.39, 0.29) is 12.2 Å². The summed E-state index contributed by atoms with van der Waals surface area (Å²) in [5.41, 5.74) is 7.35. The lowest BCUT2D eigenvalue weighted by Gasteiger charge is -2.37. The van der Waals surface area contributed by atoms with Gasteiger partial charge in [0.2, 0.25) is 0 Å². The molecule has 0 bridgehead atoms. The number of fused-ring (bicyclic) bond motifs is 1. The van der Waals surface area contributed by atoms with E-state index in [0.29, 0.717) is 32.2 Å². The van der Waals surface area contributed by atoms with Gasteiger partial charge in [0.05, 0.1) is 25.1 Å². The van der Waals surface area contributed by atoms with E-state index in [0.717, 1.165) is 25.2 Å². The standard InChI is InChI=1S/C22H25N5O3/c28-22(30-16-12-29-13-16)27-7-5-26(6-8-27)20-3-4-23-19-10-15(9-17(19)20)18-11-24-25-21(18)14-1-2-14/h3-4,9,11,14,16H,1-2,5-8,10,12-13H2,(H,24,25). The molecule has 156 valence electrons. The normalized spacial score (nSPS) is 21.3. The van der Waals surface area contributed by atoms with Gasteiger partial charge in [0.25, 0.3) is 0 Å². The summed E-state index contributed by atoms with van der Waals surface area (Å²) in [6, 6.07) is 2.09. The number of carbonyl (C=O) groups excluding carboxylic acids is 1. The molecule has 0 spiro atoms. The summed E-state index contributed by atoms with van der Waals surface area (Å²) in [5, 5.41) is 7.51. The first-order chi connectivity index (χ1) is 14.8. The summed E-state index contributed by atoms with van der Waals surface area (Å²) in [4.78, 5) is 21.1. The van der Waals surface area contributed by atoms with Gasteiger partial charge in [0.15, 0.2) is 6.10 Å². The van der Waals surface area contributed by atoms with Crippen molar-refractivity contribution in [1.29, 1.82) is 0 Å². The Hall–Kier alpha value is -2.87. The summed E-state index contributed by atoms with van der Waals surface area (Å²) in [6.07, 6.45) is 9.19. The summed E-state index contributed by atoms with van der Waals surface area (Å²) in [7, 11) is 0. The molecule has 1 amide bonds. The van der Waals surface area contributed by atoms with Gasteiger partial charge in [-0.05, 0) is 30.6 Å². The number of pyridine rings is 1. The van der Waals surface area contributed by atoms with Crippen LogP contribution in [0, 0.1) is 0 Å². The number of hydrogen-bond donors (Lipinski definition) is 1. The molecule has 2 saturated heterocycles. The highest BCUT2D eigenvalue weighted by atomic mass is 16.6. The van der Waals surface area contributed by atoms with E-state index >= 15 is 0 Å². The van der Waals surface area contributed by atoms with Crippen molar-refractivity contribution in [3.05, 3.63) is 41.0 Å². The van der Waals surface area contributed by atoms with Crippen LogP contribution in [0.5, 0.6) is 0 Å². The second kappa shape index (κ2) is 7.12. The molecule has 6 rings (SSSR count). The third-order valence-electron chi connectivity index (χ3n) is 6.48. The SMILES string of the molecule is O=C(OC1COC1)N1CCN(c2ccnc3c2C=C(c2cn[nH]c2C2CC2)C3)CC1. The number of aromatic nitrogens is 3. The van der Waals surface area contributed by atoms with Gasteiger partial charge in [-0.25, -0.2) is 4.79 Å². The minimum atomic E-state index is -0.224. The van der Waals surface area contributed by atoms with Crippen LogP contribution in [-0.2, 0) is 15.9 Å². The van der Waals surface area contributed by atoms with E-state index < -0.39 is 0 Å². The number of piperazine rings is 1. The lowest BCUT2D eigenvalue weighted by atomic mass is 10.0. The second-order valence-electron chi connectivity index (χ2n) is 8.53. The van der Waals surface area contributed by atoms with Crippen molar-refractivity contribution in [3.8, 4) is 0 Å². The number of amides is 1. The molecular weight excluding hydrogens is 382 g/mol. The van der Waals surface area contributed by atoms with Crippen LogP contribution < -0.4 is 4.90 Å². The number of hydrogen-bond acceptors (Lipinski definition) is 6. The van der Waals surface area contributed by atoms with Crippen molar-refractivity contribution in [2.75, 3.05) is 44.3 Å². The van der Waals surface area contributed by atoms with Crippen LogP contribution in [0.2, 0.25) is 0 Å². The van der Waals surface area contributed by atoms with E-state index in [1.165, 1.54) is 40.9 Å². The molecule has 1 N–H and O–H groups in total. The zero-order chi connectivity index (χ0) is 20.1. The Morgan fingerprint density at radius 1 is 1.20 bits per heavy atom. The van der Waals surface area contributed by atoms with Crippen LogP contribution in [-0.4, -0.2) is 71.7 Å². The quantitative estimate of drug-likeness (QED) is 0.838. The molecule has 0 aromatic carbocycles. The molecule has 3 fully saturated rings. The molecule has 8 nitrogen and oxygen atoms in total. The van der Waals surface area contributed by atoms with Gasteiger partial charge < -0.3 is 19.3 Å². The predicted octanol–water partition coefficient (Wildman–Crippen LogP) is 2.44. The van der Waals surface area contributed by atoms with Crippen LogP contribution >= 0.6 is 0 Å². The summed E-state index contributed by atoms with van der Waals surface area (Å²) < 4.78 is 10.5. The fourth-order valence-electron chi connectivity index (χ4n) is 4.52. The summed E-state index contributed by atoms with van der Waals surface area (Å²) >= 11 is 0. The Morgan fingerprint density at radius 2 is 2.03 bits per heavy atom. The van der Waals surface area contributed by atoms with Gasteiger partial charge >= 0.3 is 6.09 Å². The second-order valence-corrected chi connectivity index (χ2v) is 8.53. The van der Waals surface area contributed by atoms with Crippen LogP contribution in [0.15, 0.2) is 18.5 Å². The maximum atomic E-state index is 12.3. The zero-order valence-corrected chi connectivity index (χ0v) is 16.8. The molecule has 1 saturated carbocycles. The lowest BCUT2D eigenvalue weighted by Crippen LogP contribution is -2.51. The molecule has 0 unspecified atom stereocenters. The van der Waals surface area contributed by atoms with E-state index in [9.17, 15) is 4.79 Å². The molecular formula is C22H25N5O3. The van der Waals surface area contributed by atoms with Crippen molar-refractivity contribution in [2.24, 2.45) is 0 Å². The van der Waals surface area contributed by atoms with Gasteiger partial charge in [-0.3, -0.25) is 10.1 Å². The van der Waals surface area contributed by atoms with Crippen molar-refractivity contribution in [3.63, 3.8) is 0 Å². The number of rotatable bonds is 4. The first-order valence-corrected chi connectivity index (χ1v) is 10.8. The number of allylic oxidation sites excluding steroid dienone is 1. The van der Waals surface area contributed by atoms with Gasteiger partial charge in [0.1, 0.15) is 0 Å². The van der Waals surface area contributed by atoms with E-state index in [1.54, 1.807) is 4.90 Å². The minimum Gasteiger partial charge on any atom is -0.441 e. The maximum absolute atomic E-state index is 12.3. The fraction of sp³-hybridized carbons (Fsp3) is 0.500. The van der Waals surface area contributed by atoms with Gasteiger partial charge in [-0.1, -0.05) is 0 Å². The number of nitrogens with zero attached hydrogens (tertiary/aromatic N) is 4. The van der Waals surface area contributed by atoms with Gasteiger partial charge in [0, 0.05) is 67.2 Å². The highest BCUT2D eigenvalue weighted by Crippen LogP contribution is 2.44. The number of carbonyl (C=O) groups is 1. The molecule has 2 aromatic heterocycles. The average Bonchev–Trinajstić information content (AvgIpc) is 3.30. The predicted molar refractivity (Wildman–Crippen MR) is 111 cm³/mol. The van der Waals surface area contributed by atoms with E-state index in [2.05, 4.69) is 32.2 Å². The van der Waals surface area contributed by atoms with Crippen molar-refractivity contribution in [1.82, 2.24) is 20.1 Å². The number of anilines is 1. The smallest absolute Gasteiger partial charge is 0.410 e. The molecule has 4 heterocycles. The van der Waals surface area contributed by atoms with E-state index in [4.69, 9.17) is 9.47 Å². The molecule has 2 aliphatic carbocycles. The van der Waals surface area contributed by atoms with Crippen molar-refractivity contribution < 1.29 is 14.3 Å². The average molecular weight is 407 g/mol. The first-order valence-electron chi connectivity index (χ1n) is 10.8. The highest BCUT2D eigenvalue weighted by molar-refractivity contribution is 5.92. The Labute approximate surface area is 174 Å². The largest absolute Gasteiger partial charge is 0.441 e. The number of nitrogens with one attached hydrogen (secondary N) is 1. The lowest BCUT2D eigenvalue weighted by molar-refractivity contribution is -0.104. The van der Waals surface area contributed by atoms with Crippen LogP contribution in [0.1, 0.15) is 41.3 Å². The first kappa shape index (κ1) is 17.9. The maximum Gasteiger partial charge on any atom is 0.410 e. The Balaban J connectivity index is 1.18. The molecule has 0 radical (unpaired) electrons. The molecule has 30 heavy (non-hydrogen) atoms. The Bertz CT molecular complexity index is 1000. The third kappa shape index (κ3) is 3.15. The highest BCUT2D eigenvalue weighted by Gasteiger charge is 2.32. The Kier molecular flexibility index (Phi) is 4.26. The fourth-order valence-corrected chi connectivity index (χ4v) is 4.52. The molecule has 8 heteroatoms. The molecule has 2 aliphatic heterocycles. The van der Waals surface area contributed by atoms with Crippen LogP contribution in [0.3, 0.4) is 0 Å². The van der Waals surface area contributed by atoms with Crippen LogP contribution in [0.25, 0.3) is 11.6 Å². The minimum absolute atomic E-state index is 0.0778. The molecule has 2 aromatic rings. The molecule has 0 atom stereocenters. The molecule has 4 aliphatic rings. The van der Waals surface area contributed by atoms with Crippen molar-refractivity contribution in [2.45, 2.75) is 31.3 Å². The number of ether oxygens (including phenoxy) is 2. The van der Waals surface area contributed by atoms with Crippen molar-refractivity contribution >= 4 is 23.4 Å². The van der Waals surface area contributed by atoms with Gasteiger partial charge in [-0.15, -0.1) is 0 Å². The monoisotopic (exact) mass is 407 g/mol. The summed E-state index contributed by atoms with van der Waals surface area (Å²) in [5.74, 6) is 0.638. The Morgan fingerprint density at radius 3 is 2.77 bits per heavy atom. The van der Waals surface area contributed by atoms with E-state index in [1.807, 2.05) is 12.4 Å². The van der Waals surface area contributed by atoms with Gasteiger partial charge in [-0.2, -0.15) is 5.10 Å². The third-order valence-corrected chi connectivity index (χ3v) is 6.48. The topological polar surface area (TPSA) is 83.6 Å². The zero-order valence-electron chi connectivity index (χ0n) is 16.8. The summed E-state index contributed by atoms with van der Waals surface area (Å²) in [6.45, 7) is 3.93. The number of H-pyrrole nitrogens is 1. The number of aromatic amines is 1.